The number of aliphatic imine (C=N–C) groups is 1. The Balaban J connectivity index is 1.54. The van der Waals surface area contributed by atoms with Crippen LogP contribution in [0.25, 0.3) is 0 Å². The maximum atomic E-state index is 5.67. The smallest absolute Gasteiger partial charge is 0.191 e. The van der Waals surface area contributed by atoms with Crippen LogP contribution in [0.4, 0.5) is 5.69 Å². The van der Waals surface area contributed by atoms with E-state index in [9.17, 15) is 0 Å². The molecule has 2 aromatic rings. The highest BCUT2D eigenvalue weighted by molar-refractivity contribution is 5.80. The quantitative estimate of drug-likeness (QED) is 0.371. The molecule has 0 radical (unpaired) electrons. The molecule has 1 atom stereocenters. The van der Waals surface area contributed by atoms with E-state index in [2.05, 4.69) is 32.4 Å². The minimum absolute atomic E-state index is 0.305. The predicted octanol–water partition coefficient (Wildman–Crippen LogP) is 2.31. The highest BCUT2D eigenvalue weighted by Gasteiger charge is 2.24. The van der Waals surface area contributed by atoms with Gasteiger partial charge in [-0.05, 0) is 25.5 Å². The molecule has 1 aliphatic heterocycles. The molecule has 8 heteroatoms. The fourth-order valence-electron chi connectivity index (χ4n) is 3.35. The van der Waals surface area contributed by atoms with Gasteiger partial charge in [-0.1, -0.05) is 0 Å². The van der Waals surface area contributed by atoms with Crippen molar-refractivity contribution in [3.63, 3.8) is 0 Å². The largest absolute Gasteiger partial charge is 0.497 e. The van der Waals surface area contributed by atoms with Gasteiger partial charge in [0.05, 0.1) is 27.0 Å². The van der Waals surface area contributed by atoms with Gasteiger partial charge in [-0.15, -0.1) is 0 Å². The van der Waals surface area contributed by atoms with Gasteiger partial charge >= 0.3 is 0 Å². The molecular weight excluding hydrogens is 382 g/mol. The minimum Gasteiger partial charge on any atom is -0.497 e. The van der Waals surface area contributed by atoms with Crippen molar-refractivity contribution in [1.82, 2.24) is 15.6 Å². The lowest BCUT2D eigenvalue weighted by molar-refractivity contribution is 0.327. The molecule has 1 aliphatic rings. The van der Waals surface area contributed by atoms with Crippen molar-refractivity contribution in [1.29, 1.82) is 0 Å². The van der Waals surface area contributed by atoms with Crippen LogP contribution >= 0.6 is 0 Å². The third-order valence-electron chi connectivity index (χ3n) is 4.84. The zero-order chi connectivity index (χ0) is 21.2. The van der Waals surface area contributed by atoms with E-state index in [0.717, 1.165) is 55.0 Å². The van der Waals surface area contributed by atoms with Gasteiger partial charge in [0.2, 0.25) is 0 Å². The summed E-state index contributed by atoms with van der Waals surface area (Å²) in [7, 11) is 3.34. The topological polar surface area (TPSA) is 80.2 Å². The Morgan fingerprint density at radius 2 is 2.00 bits per heavy atom. The van der Waals surface area contributed by atoms with E-state index in [1.165, 1.54) is 0 Å². The molecule has 1 aromatic heterocycles. The summed E-state index contributed by atoms with van der Waals surface area (Å²) in [5, 5.41) is 6.85. The second-order valence-corrected chi connectivity index (χ2v) is 6.94. The second kappa shape index (κ2) is 11.1. The number of aromatic nitrogens is 1. The van der Waals surface area contributed by atoms with Crippen LogP contribution in [0.1, 0.15) is 13.3 Å². The van der Waals surface area contributed by atoms with Crippen LogP contribution in [0.3, 0.4) is 0 Å². The molecule has 0 bridgehead atoms. The van der Waals surface area contributed by atoms with Crippen LogP contribution in [0.2, 0.25) is 0 Å². The number of pyridine rings is 1. The van der Waals surface area contributed by atoms with E-state index in [4.69, 9.17) is 14.2 Å². The Hall–Kier alpha value is -3.16. The predicted molar refractivity (Wildman–Crippen MR) is 119 cm³/mol. The molecular formula is C22H31N5O3. The molecule has 2 heterocycles. The molecule has 8 nitrogen and oxygen atoms in total. The first-order valence-electron chi connectivity index (χ1n) is 10.3. The number of nitrogens with one attached hydrogen (secondary N) is 2. The summed E-state index contributed by atoms with van der Waals surface area (Å²) in [6, 6.07) is 10.0. The first-order chi connectivity index (χ1) is 14.7. The van der Waals surface area contributed by atoms with E-state index < -0.39 is 0 Å². The first-order valence-corrected chi connectivity index (χ1v) is 10.3. The van der Waals surface area contributed by atoms with Crippen molar-refractivity contribution in [3.05, 3.63) is 42.7 Å². The molecule has 162 valence electrons. The number of rotatable bonds is 9. The number of methoxy groups -OCH3 is 2. The Morgan fingerprint density at radius 3 is 2.67 bits per heavy atom. The van der Waals surface area contributed by atoms with Gasteiger partial charge in [-0.3, -0.25) is 4.98 Å². The van der Waals surface area contributed by atoms with Crippen molar-refractivity contribution in [2.75, 3.05) is 51.9 Å². The Labute approximate surface area is 178 Å². The maximum absolute atomic E-state index is 5.67. The average molecular weight is 414 g/mol. The standard InChI is InChI=1S/C22H31N5O3/c1-4-24-22(25-9-11-30-19-6-5-8-23-15-19)26-17-7-10-27(16-17)18-12-20(28-2)14-21(13-18)29-3/h5-6,8,12-15,17H,4,7,9-11,16H2,1-3H3,(H2,24,25,26). The summed E-state index contributed by atoms with van der Waals surface area (Å²) in [6.45, 7) is 5.77. The minimum atomic E-state index is 0.305. The number of hydrogen-bond acceptors (Lipinski definition) is 6. The summed E-state index contributed by atoms with van der Waals surface area (Å²) >= 11 is 0. The van der Waals surface area contributed by atoms with Crippen LogP contribution < -0.4 is 29.7 Å². The fourth-order valence-corrected chi connectivity index (χ4v) is 3.35. The van der Waals surface area contributed by atoms with Gasteiger partial charge < -0.3 is 29.7 Å². The summed E-state index contributed by atoms with van der Waals surface area (Å²) in [6.07, 6.45) is 4.45. The molecule has 30 heavy (non-hydrogen) atoms. The molecule has 2 N–H and O–H groups in total. The monoisotopic (exact) mass is 413 g/mol. The van der Waals surface area contributed by atoms with Crippen LogP contribution in [-0.2, 0) is 0 Å². The van der Waals surface area contributed by atoms with E-state index in [1.807, 2.05) is 30.3 Å². The van der Waals surface area contributed by atoms with Gasteiger partial charge in [0.15, 0.2) is 5.96 Å². The average Bonchev–Trinajstić information content (AvgIpc) is 3.25. The summed E-state index contributed by atoms with van der Waals surface area (Å²) in [4.78, 5) is 11.0. The molecule has 0 amide bonds. The molecule has 1 aromatic carbocycles. The van der Waals surface area contributed by atoms with Crippen molar-refractivity contribution < 1.29 is 14.2 Å². The van der Waals surface area contributed by atoms with Crippen molar-refractivity contribution in [2.45, 2.75) is 19.4 Å². The van der Waals surface area contributed by atoms with Crippen LogP contribution in [0.5, 0.6) is 17.2 Å². The molecule has 1 saturated heterocycles. The molecule has 0 saturated carbocycles. The molecule has 0 spiro atoms. The number of ether oxygens (including phenoxy) is 3. The van der Waals surface area contributed by atoms with E-state index in [0.29, 0.717) is 19.2 Å². The van der Waals surface area contributed by atoms with E-state index in [-0.39, 0.29) is 0 Å². The van der Waals surface area contributed by atoms with Gasteiger partial charge in [0.1, 0.15) is 23.9 Å². The maximum Gasteiger partial charge on any atom is 0.191 e. The molecule has 3 rings (SSSR count). The Bertz CT molecular complexity index is 793. The number of nitrogens with zero attached hydrogens (tertiary/aromatic N) is 3. The fraction of sp³-hybridized carbons (Fsp3) is 0.455. The number of benzene rings is 1. The number of guanidine groups is 1. The third-order valence-corrected chi connectivity index (χ3v) is 4.84. The Morgan fingerprint density at radius 1 is 1.20 bits per heavy atom. The van der Waals surface area contributed by atoms with Crippen LogP contribution in [-0.4, -0.2) is 64.0 Å². The summed E-state index contributed by atoms with van der Waals surface area (Å²) in [5.74, 6) is 3.15. The van der Waals surface area contributed by atoms with Crippen molar-refractivity contribution in [3.8, 4) is 17.2 Å². The van der Waals surface area contributed by atoms with Crippen molar-refractivity contribution >= 4 is 11.6 Å². The SMILES string of the molecule is CCNC(=NCCOc1cccnc1)NC1CCN(c2cc(OC)cc(OC)c2)C1. The van der Waals surface area contributed by atoms with Crippen LogP contribution in [0, 0.1) is 0 Å². The summed E-state index contributed by atoms with van der Waals surface area (Å²) < 4.78 is 16.5. The Kier molecular flexibility index (Phi) is 8.00. The second-order valence-electron chi connectivity index (χ2n) is 6.94. The van der Waals surface area contributed by atoms with Gasteiger partial charge in [-0.25, -0.2) is 4.99 Å². The van der Waals surface area contributed by atoms with Gasteiger partial charge in [0.25, 0.3) is 0 Å². The van der Waals surface area contributed by atoms with Gasteiger partial charge in [0, 0.05) is 55.8 Å². The molecule has 0 aliphatic carbocycles. The lowest BCUT2D eigenvalue weighted by Gasteiger charge is -2.21. The highest BCUT2D eigenvalue weighted by atomic mass is 16.5. The van der Waals surface area contributed by atoms with Gasteiger partial charge in [-0.2, -0.15) is 0 Å². The molecule has 1 fully saturated rings. The van der Waals surface area contributed by atoms with E-state index in [1.54, 1.807) is 26.6 Å². The van der Waals surface area contributed by atoms with E-state index >= 15 is 0 Å². The summed E-state index contributed by atoms with van der Waals surface area (Å²) in [5.41, 5.74) is 1.10. The lowest BCUT2D eigenvalue weighted by Crippen LogP contribution is -2.44. The molecule has 1 unspecified atom stereocenters. The number of anilines is 1. The number of hydrogen-bond donors (Lipinski definition) is 2. The third kappa shape index (κ3) is 6.17. The van der Waals surface area contributed by atoms with Crippen molar-refractivity contribution in [2.24, 2.45) is 4.99 Å². The first kappa shape index (κ1) is 21.5. The lowest BCUT2D eigenvalue weighted by atomic mass is 10.2. The highest BCUT2D eigenvalue weighted by Crippen LogP contribution is 2.30. The zero-order valence-corrected chi connectivity index (χ0v) is 17.9. The zero-order valence-electron chi connectivity index (χ0n) is 17.9. The normalized spacial score (nSPS) is 16.3. The van der Waals surface area contributed by atoms with Crippen LogP contribution in [0.15, 0.2) is 47.7 Å².